The van der Waals surface area contributed by atoms with Gasteiger partial charge in [-0.2, -0.15) is 0 Å². The molecule has 0 spiro atoms. The van der Waals surface area contributed by atoms with Crippen molar-refractivity contribution < 1.29 is 4.79 Å². The molecule has 0 aromatic carbocycles. The number of thioether (sulfide) groups is 1. The average Bonchev–Trinajstić information content (AvgIpc) is 2.30. The number of carbonyl (C=O) groups is 1. The molecule has 1 rings (SSSR count). The number of allylic oxidation sites excluding steroid dienone is 1. The highest BCUT2D eigenvalue weighted by Crippen LogP contribution is 2.49. The molecule has 0 amide bonds. The van der Waals surface area contributed by atoms with Crippen LogP contribution in [0.25, 0.3) is 0 Å². The average molecular weight is 192 g/mol. The fourth-order valence-electron chi connectivity index (χ4n) is 0.678. The highest BCUT2D eigenvalue weighted by molar-refractivity contribution is 8.80. The van der Waals surface area contributed by atoms with E-state index in [-0.39, 0.29) is 0 Å². The van der Waals surface area contributed by atoms with E-state index in [2.05, 4.69) is 6.26 Å². The van der Waals surface area contributed by atoms with E-state index in [0.717, 1.165) is 11.2 Å². The molecular formula is C6H8OS3. The minimum Gasteiger partial charge on any atom is -0.297 e. The lowest BCUT2D eigenvalue weighted by Gasteiger charge is -2.03. The van der Waals surface area contributed by atoms with Crippen LogP contribution in [0.2, 0.25) is 0 Å². The zero-order valence-corrected chi connectivity index (χ0v) is 8.24. The summed E-state index contributed by atoms with van der Waals surface area (Å²) in [6.45, 7) is 2.03. The summed E-state index contributed by atoms with van der Waals surface area (Å²) in [5.74, 6) is 0. The summed E-state index contributed by atoms with van der Waals surface area (Å²) in [7, 11) is 3.35. The number of carbonyl (C=O) groups excluding carboxylic acids is 1. The number of rotatable bonds is 2. The SMILES string of the molecule is CSC1SSC(C=O)=C1C. The van der Waals surface area contributed by atoms with Gasteiger partial charge in [-0.25, -0.2) is 0 Å². The quantitative estimate of drug-likeness (QED) is 0.494. The van der Waals surface area contributed by atoms with E-state index < -0.39 is 0 Å². The summed E-state index contributed by atoms with van der Waals surface area (Å²) in [6.07, 6.45) is 3.01. The lowest BCUT2D eigenvalue weighted by atomic mass is 10.3. The van der Waals surface area contributed by atoms with E-state index in [1.165, 1.54) is 5.57 Å². The van der Waals surface area contributed by atoms with Crippen LogP contribution >= 0.6 is 33.3 Å². The van der Waals surface area contributed by atoms with Crippen molar-refractivity contribution in [2.45, 2.75) is 11.5 Å². The first-order valence-corrected chi connectivity index (χ1v) is 6.31. The molecule has 1 nitrogen and oxygen atoms in total. The molecule has 10 heavy (non-hydrogen) atoms. The standard InChI is InChI=1S/C6H8OS3/c1-4-5(3-7)9-10-6(4)8-2/h3,6H,1-2H3. The normalized spacial score (nSPS) is 25.6. The smallest absolute Gasteiger partial charge is 0.157 e. The van der Waals surface area contributed by atoms with Gasteiger partial charge >= 0.3 is 0 Å². The van der Waals surface area contributed by atoms with E-state index >= 15 is 0 Å². The Hall–Kier alpha value is 0.460. The molecule has 0 fully saturated rings. The highest BCUT2D eigenvalue weighted by atomic mass is 33.1. The van der Waals surface area contributed by atoms with Crippen LogP contribution in [-0.4, -0.2) is 17.1 Å². The van der Waals surface area contributed by atoms with Gasteiger partial charge in [-0.05, 0) is 18.8 Å². The third-order valence-corrected chi connectivity index (χ3v) is 5.93. The second-order valence-electron chi connectivity index (χ2n) is 1.91. The largest absolute Gasteiger partial charge is 0.297 e. The maximum atomic E-state index is 10.4. The van der Waals surface area contributed by atoms with Gasteiger partial charge in [0.25, 0.3) is 0 Å². The summed E-state index contributed by atoms with van der Waals surface area (Å²) in [6, 6.07) is 0. The molecule has 1 heterocycles. The first kappa shape index (κ1) is 8.56. The Bertz CT molecular complexity index is 176. The molecule has 0 saturated carbocycles. The third kappa shape index (κ3) is 1.54. The second-order valence-corrected chi connectivity index (χ2v) is 5.50. The highest BCUT2D eigenvalue weighted by Gasteiger charge is 2.22. The van der Waals surface area contributed by atoms with Gasteiger partial charge in [0.2, 0.25) is 0 Å². The predicted molar refractivity (Wildman–Crippen MR) is 51.2 cm³/mol. The van der Waals surface area contributed by atoms with E-state index in [9.17, 15) is 4.79 Å². The molecule has 0 N–H and O–H groups in total. The van der Waals surface area contributed by atoms with Crippen LogP contribution < -0.4 is 0 Å². The van der Waals surface area contributed by atoms with Crippen molar-refractivity contribution in [2.75, 3.05) is 6.26 Å². The summed E-state index contributed by atoms with van der Waals surface area (Å²) >= 11 is 1.78. The molecule has 0 aliphatic carbocycles. The maximum Gasteiger partial charge on any atom is 0.157 e. The minimum atomic E-state index is 0.491. The van der Waals surface area contributed by atoms with Gasteiger partial charge in [-0.3, -0.25) is 4.79 Å². The second kappa shape index (κ2) is 3.74. The van der Waals surface area contributed by atoms with Gasteiger partial charge in [0, 0.05) is 0 Å². The van der Waals surface area contributed by atoms with Gasteiger partial charge in [0.05, 0.1) is 9.49 Å². The van der Waals surface area contributed by atoms with E-state index in [1.54, 1.807) is 33.3 Å². The number of aldehydes is 1. The van der Waals surface area contributed by atoms with E-state index in [0.29, 0.717) is 4.58 Å². The molecule has 0 aromatic rings. The molecule has 1 atom stereocenters. The molecule has 56 valence electrons. The maximum absolute atomic E-state index is 10.4. The Kier molecular flexibility index (Phi) is 3.20. The fraction of sp³-hybridized carbons (Fsp3) is 0.500. The Morgan fingerprint density at radius 3 is 2.70 bits per heavy atom. The monoisotopic (exact) mass is 192 g/mol. The van der Waals surface area contributed by atoms with Gasteiger partial charge in [0.1, 0.15) is 0 Å². The molecule has 4 heteroatoms. The predicted octanol–water partition coefficient (Wildman–Crippen LogP) is 2.54. The first-order valence-electron chi connectivity index (χ1n) is 2.81. The molecule has 0 radical (unpaired) electrons. The van der Waals surface area contributed by atoms with Crippen molar-refractivity contribution in [1.82, 2.24) is 0 Å². The van der Waals surface area contributed by atoms with Gasteiger partial charge in [-0.1, -0.05) is 21.6 Å². The zero-order chi connectivity index (χ0) is 7.56. The van der Waals surface area contributed by atoms with Crippen LogP contribution in [0.4, 0.5) is 0 Å². The van der Waals surface area contributed by atoms with Crippen molar-refractivity contribution >= 4 is 39.6 Å². The Labute approximate surface area is 72.8 Å². The number of hydrogen-bond donors (Lipinski definition) is 0. The van der Waals surface area contributed by atoms with Crippen molar-refractivity contribution in [1.29, 1.82) is 0 Å². The van der Waals surface area contributed by atoms with Crippen molar-refractivity contribution in [3.8, 4) is 0 Å². The Morgan fingerprint density at radius 2 is 2.40 bits per heavy atom. The molecule has 0 saturated heterocycles. The topological polar surface area (TPSA) is 17.1 Å². The Morgan fingerprint density at radius 1 is 1.70 bits per heavy atom. The summed E-state index contributed by atoms with van der Waals surface area (Å²) in [5.41, 5.74) is 1.22. The van der Waals surface area contributed by atoms with Crippen LogP contribution in [0.1, 0.15) is 6.92 Å². The van der Waals surface area contributed by atoms with Gasteiger partial charge in [-0.15, -0.1) is 11.8 Å². The van der Waals surface area contributed by atoms with Crippen molar-refractivity contribution in [3.05, 3.63) is 10.5 Å². The summed E-state index contributed by atoms with van der Waals surface area (Å²) < 4.78 is 0.491. The Balaban J connectivity index is 2.72. The van der Waals surface area contributed by atoms with Gasteiger partial charge < -0.3 is 0 Å². The summed E-state index contributed by atoms with van der Waals surface area (Å²) in [5, 5.41) is 0. The van der Waals surface area contributed by atoms with Crippen molar-refractivity contribution in [3.63, 3.8) is 0 Å². The zero-order valence-electron chi connectivity index (χ0n) is 5.79. The summed E-state index contributed by atoms with van der Waals surface area (Å²) in [4.78, 5) is 11.3. The van der Waals surface area contributed by atoms with Crippen LogP contribution in [0.15, 0.2) is 10.5 Å². The van der Waals surface area contributed by atoms with Gasteiger partial charge in [0.15, 0.2) is 6.29 Å². The van der Waals surface area contributed by atoms with Crippen molar-refractivity contribution in [2.24, 2.45) is 0 Å². The molecular weight excluding hydrogens is 184 g/mol. The third-order valence-electron chi connectivity index (χ3n) is 1.29. The molecule has 1 aliphatic rings. The van der Waals surface area contributed by atoms with Crippen LogP contribution in [0.5, 0.6) is 0 Å². The van der Waals surface area contributed by atoms with Crippen LogP contribution in [0.3, 0.4) is 0 Å². The minimum absolute atomic E-state index is 0.491. The van der Waals surface area contributed by atoms with E-state index in [4.69, 9.17) is 0 Å². The molecule has 0 aromatic heterocycles. The fourth-order valence-corrected chi connectivity index (χ4v) is 4.95. The first-order chi connectivity index (χ1) is 4.79. The van der Waals surface area contributed by atoms with Crippen LogP contribution in [-0.2, 0) is 4.79 Å². The lowest BCUT2D eigenvalue weighted by Crippen LogP contribution is -1.92. The number of hydrogen-bond acceptors (Lipinski definition) is 4. The van der Waals surface area contributed by atoms with Crippen LogP contribution in [0, 0.1) is 0 Å². The molecule has 1 aliphatic heterocycles. The van der Waals surface area contributed by atoms with E-state index in [1.807, 2.05) is 6.92 Å². The molecule has 0 bridgehead atoms. The molecule has 1 unspecified atom stereocenters. The lowest BCUT2D eigenvalue weighted by molar-refractivity contribution is -0.104.